The maximum absolute atomic E-state index is 12.0. The van der Waals surface area contributed by atoms with E-state index in [1.54, 1.807) is 12.1 Å². The molecule has 1 fully saturated rings. The molecule has 1 aliphatic carbocycles. The molecule has 3 N–H and O–H groups in total. The number of nitrogens with one attached hydrogen (secondary N) is 1. The second-order valence-corrected chi connectivity index (χ2v) is 4.80. The normalized spacial score (nSPS) is 17.9. The van der Waals surface area contributed by atoms with E-state index in [9.17, 15) is 13.6 Å². The Morgan fingerprint density at radius 2 is 1.95 bits per heavy atom. The fourth-order valence-electron chi connectivity index (χ4n) is 1.72. The summed E-state index contributed by atoms with van der Waals surface area (Å²) < 4.78 is 28.2. The van der Waals surface area contributed by atoms with Crippen LogP contribution < -0.4 is 15.8 Å². The van der Waals surface area contributed by atoms with Gasteiger partial charge >= 0.3 is 6.61 Å². The highest BCUT2D eigenvalue weighted by atomic mass is 19.3. The number of rotatable bonds is 5. The van der Waals surface area contributed by atoms with Crippen molar-refractivity contribution in [3.8, 4) is 5.75 Å². The summed E-state index contributed by atoms with van der Waals surface area (Å²) in [7, 11) is 0. The first-order chi connectivity index (χ1) is 8.90. The molecule has 19 heavy (non-hydrogen) atoms. The van der Waals surface area contributed by atoms with Gasteiger partial charge < -0.3 is 15.8 Å². The average molecular weight is 270 g/mol. The third kappa shape index (κ3) is 3.41. The maximum atomic E-state index is 12.0. The van der Waals surface area contributed by atoms with Gasteiger partial charge in [0.15, 0.2) is 0 Å². The Hall–Kier alpha value is -1.69. The summed E-state index contributed by atoms with van der Waals surface area (Å²) >= 11 is 0. The number of carbonyl (C=O) groups is 1. The number of hydrogen-bond donors (Lipinski definition) is 2. The van der Waals surface area contributed by atoms with Crippen LogP contribution in [0, 0.1) is 0 Å². The zero-order chi connectivity index (χ0) is 14.0. The van der Waals surface area contributed by atoms with Crippen LogP contribution in [0.2, 0.25) is 0 Å². The molecule has 1 aromatic carbocycles. The fraction of sp³-hybridized carbons (Fsp3) is 0.462. The minimum Gasteiger partial charge on any atom is -0.435 e. The Balaban J connectivity index is 1.95. The van der Waals surface area contributed by atoms with Crippen LogP contribution in [-0.4, -0.2) is 18.1 Å². The van der Waals surface area contributed by atoms with Crippen LogP contribution in [0.1, 0.15) is 31.4 Å². The lowest BCUT2D eigenvalue weighted by Gasteiger charge is -2.17. The van der Waals surface area contributed by atoms with Crippen molar-refractivity contribution in [2.24, 2.45) is 5.73 Å². The summed E-state index contributed by atoms with van der Waals surface area (Å²) in [6, 6.07) is 5.94. The number of ether oxygens (including phenoxy) is 1. The van der Waals surface area contributed by atoms with E-state index < -0.39 is 12.2 Å². The summed E-state index contributed by atoms with van der Waals surface area (Å²) in [6.07, 6.45) is 1.40. The standard InChI is InChI=1S/C13H16F2N2O2/c1-8(17-11(18)13(16)6-7-13)9-2-4-10(5-3-9)19-12(14)15/h2-5,8,12H,6-7,16H2,1H3,(H,17,18). The molecule has 0 saturated heterocycles. The average Bonchev–Trinajstić information content (AvgIpc) is 3.09. The first-order valence-electron chi connectivity index (χ1n) is 6.05. The number of halogens is 2. The first kappa shape index (κ1) is 13.7. The number of benzene rings is 1. The van der Waals surface area contributed by atoms with Gasteiger partial charge in [-0.05, 0) is 37.5 Å². The molecule has 1 aromatic rings. The second-order valence-electron chi connectivity index (χ2n) is 4.80. The molecule has 0 bridgehead atoms. The Morgan fingerprint density at radius 3 is 2.42 bits per heavy atom. The molecule has 1 aliphatic rings. The van der Waals surface area contributed by atoms with E-state index in [0.29, 0.717) is 12.8 Å². The third-order valence-electron chi connectivity index (χ3n) is 3.19. The highest BCUT2D eigenvalue weighted by molar-refractivity contribution is 5.89. The third-order valence-corrected chi connectivity index (χ3v) is 3.19. The van der Waals surface area contributed by atoms with Crippen molar-refractivity contribution in [1.29, 1.82) is 0 Å². The van der Waals surface area contributed by atoms with Gasteiger partial charge in [-0.1, -0.05) is 12.1 Å². The maximum Gasteiger partial charge on any atom is 0.387 e. The van der Waals surface area contributed by atoms with Gasteiger partial charge in [0, 0.05) is 0 Å². The van der Waals surface area contributed by atoms with Crippen LogP contribution in [0.15, 0.2) is 24.3 Å². The van der Waals surface area contributed by atoms with E-state index in [-0.39, 0.29) is 17.7 Å². The van der Waals surface area contributed by atoms with Crippen molar-refractivity contribution in [2.75, 3.05) is 0 Å². The van der Waals surface area contributed by atoms with E-state index >= 15 is 0 Å². The molecule has 2 rings (SSSR count). The Labute approximate surface area is 109 Å². The van der Waals surface area contributed by atoms with E-state index in [1.807, 2.05) is 6.92 Å². The predicted molar refractivity (Wildman–Crippen MR) is 65.8 cm³/mol. The Kier molecular flexibility index (Phi) is 3.71. The molecular formula is C13H16F2N2O2. The second kappa shape index (κ2) is 5.13. The number of hydrogen-bond acceptors (Lipinski definition) is 3. The lowest BCUT2D eigenvalue weighted by atomic mass is 10.1. The lowest BCUT2D eigenvalue weighted by Crippen LogP contribution is -2.43. The zero-order valence-corrected chi connectivity index (χ0v) is 10.5. The minimum atomic E-state index is -2.84. The number of amides is 1. The number of alkyl halides is 2. The molecule has 1 saturated carbocycles. The van der Waals surface area contributed by atoms with Crippen LogP contribution in [0.3, 0.4) is 0 Å². The van der Waals surface area contributed by atoms with Gasteiger partial charge in [0.05, 0.1) is 11.6 Å². The highest BCUT2D eigenvalue weighted by Gasteiger charge is 2.46. The summed E-state index contributed by atoms with van der Waals surface area (Å²) in [5.41, 5.74) is 5.87. The molecule has 0 spiro atoms. The molecular weight excluding hydrogens is 254 g/mol. The first-order valence-corrected chi connectivity index (χ1v) is 6.05. The van der Waals surface area contributed by atoms with Crippen LogP contribution in [0.5, 0.6) is 5.75 Å². The van der Waals surface area contributed by atoms with Crippen LogP contribution in [-0.2, 0) is 4.79 Å². The summed E-state index contributed by atoms with van der Waals surface area (Å²) in [5.74, 6) is -0.0809. The topological polar surface area (TPSA) is 64.4 Å². The Bertz CT molecular complexity index is 458. The van der Waals surface area contributed by atoms with Crippen LogP contribution in [0.25, 0.3) is 0 Å². The molecule has 4 nitrogen and oxygen atoms in total. The molecule has 0 aromatic heterocycles. The van der Waals surface area contributed by atoms with Crippen LogP contribution in [0.4, 0.5) is 8.78 Å². The molecule has 0 heterocycles. The Morgan fingerprint density at radius 1 is 1.37 bits per heavy atom. The van der Waals surface area contributed by atoms with E-state index in [2.05, 4.69) is 10.1 Å². The number of carbonyl (C=O) groups excluding carboxylic acids is 1. The smallest absolute Gasteiger partial charge is 0.387 e. The zero-order valence-electron chi connectivity index (χ0n) is 10.5. The van der Waals surface area contributed by atoms with Crippen molar-refractivity contribution in [3.05, 3.63) is 29.8 Å². The summed E-state index contributed by atoms with van der Waals surface area (Å²) in [6.45, 7) is -1.03. The van der Waals surface area contributed by atoms with Crippen molar-refractivity contribution in [2.45, 2.75) is 38.0 Å². The molecule has 6 heteroatoms. The van der Waals surface area contributed by atoms with E-state index in [4.69, 9.17) is 5.73 Å². The van der Waals surface area contributed by atoms with Gasteiger partial charge in [-0.15, -0.1) is 0 Å². The SMILES string of the molecule is CC(NC(=O)C1(N)CC1)c1ccc(OC(F)F)cc1. The predicted octanol–water partition coefficient (Wildman–Crippen LogP) is 1.96. The molecule has 104 valence electrons. The van der Waals surface area contributed by atoms with Gasteiger partial charge in [-0.25, -0.2) is 0 Å². The van der Waals surface area contributed by atoms with Gasteiger partial charge in [0.25, 0.3) is 0 Å². The number of nitrogens with two attached hydrogens (primary N) is 1. The quantitative estimate of drug-likeness (QED) is 0.859. The van der Waals surface area contributed by atoms with Crippen molar-refractivity contribution in [1.82, 2.24) is 5.32 Å². The molecule has 1 unspecified atom stereocenters. The van der Waals surface area contributed by atoms with Gasteiger partial charge in [0.2, 0.25) is 5.91 Å². The molecule has 0 radical (unpaired) electrons. The van der Waals surface area contributed by atoms with Gasteiger partial charge in [-0.2, -0.15) is 8.78 Å². The van der Waals surface area contributed by atoms with Gasteiger partial charge in [0.1, 0.15) is 5.75 Å². The minimum absolute atomic E-state index is 0.0924. The molecule has 0 aliphatic heterocycles. The van der Waals surface area contributed by atoms with E-state index in [1.165, 1.54) is 12.1 Å². The largest absolute Gasteiger partial charge is 0.435 e. The summed E-state index contributed by atoms with van der Waals surface area (Å²) in [5, 5.41) is 2.81. The van der Waals surface area contributed by atoms with Crippen molar-refractivity contribution < 1.29 is 18.3 Å². The van der Waals surface area contributed by atoms with Gasteiger partial charge in [-0.3, -0.25) is 4.79 Å². The van der Waals surface area contributed by atoms with Crippen molar-refractivity contribution in [3.63, 3.8) is 0 Å². The summed E-state index contributed by atoms with van der Waals surface area (Å²) in [4.78, 5) is 11.8. The molecule has 1 atom stereocenters. The fourth-order valence-corrected chi connectivity index (χ4v) is 1.72. The van der Waals surface area contributed by atoms with Crippen LogP contribution >= 0.6 is 0 Å². The highest BCUT2D eigenvalue weighted by Crippen LogP contribution is 2.33. The lowest BCUT2D eigenvalue weighted by molar-refractivity contribution is -0.123. The van der Waals surface area contributed by atoms with Crippen molar-refractivity contribution >= 4 is 5.91 Å². The molecule has 1 amide bonds. The van der Waals surface area contributed by atoms with E-state index in [0.717, 1.165) is 5.56 Å². The monoisotopic (exact) mass is 270 g/mol.